The molecule has 0 aromatic heterocycles. The van der Waals surface area contributed by atoms with Gasteiger partial charge in [0.1, 0.15) is 5.75 Å². The summed E-state index contributed by atoms with van der Waals surface area (Å²) < 4.78 is 5.08. The number of hydrogen-bond donors (Lipinski definition) is 1. The van der Waals surface area contributed by atoms with Crippen molar-refractivity contribution in [2.75, 3.05) is 20.7 Å². The van der Waals surface area contributed by atoms with E-state index >= 15 is 0 Å². The quantitative estimate of drug-likeness (QED) is 0.792. The third-order valence-corrected chi connectivity index (χ3v) is 2.55. The van der Waals surface area contributed by atoms with Gasteiger partial charge in [-0.2, -0.15) is 0 Å². The maximum atomic E-state index is 11.7. The van der Waals surface area contributed by atoms with Crippen LogP contribution in [0.25, 0.3) is 6.08 Å². The van der Waals surface area contributed by atoms with E-state index in [1.165, 1.54) is 11.0 Å². The molecule has 0 aliphatic carbocycles. The minimum absolute atomic E-state index is 0.0603. The predicted molar refractivity (Wildman–Crippen MR) is 71.9 cm³/mol. The third-order valence-electron chi connectivity index (χ3n) is 2.55. The second-order valence-corrected chi connectivity index (χ2v) is 4.01. The topological polar surface area (TPSA) is 66.8 Å². The summed E-state index contributed by atoms with van der Waals surface area (Å²) in [5.41, 5.74) is 0.847. The first kappa shape index (κ1) is 14.8. The van der Waals surface area contributed by atoms with Gasteiger partial charge in [-0.05, 0) is 23.8 Å². The maximum absolute atomic E-state index is 11.7. The molecule has 0 saturated carbocycles. The summed E-state index contributed by atoms with van der Waals surface area (Å²) in [4.78, 5) is 23.5. The van der Waals surface area contributed by atoms with E-state index in [0.29, 0.717) is 5.75 Å². The Kier molecular flexibility index (Phi) is 5.60. The SMILES string of the molecule is COc1cccc(/C=C/C(=O)N(C)CCC(=O)O)c1. The molecule has 1 aromatic carbocycles. The lowest BCUT2D eigenvalue weighted by molar-refractivity contribution is -0.137. The van der Waals surface area contributed by atoms with Gasteiger partial charge in [-0.25, -0.2) is 0 Å². The summed E-state index contributed by atoms with van der Waals surface area (Å²) in [5.74, 6) is -0.436. The predicted octanol–water partition coefficient (Wildman–Crippen LogP) is 1.64. The van der Waals surface area contributed by atoms with E-state index < -0.39 is 5.97 Å². The first-order valence-corrected chi connectivity index (χ1v) is 5.82. The van der Waals surface area contributed by atoms with Crippen LogP contribution in [-0.4, -0.2) is 42.6 Å². The van der Waals surface area contributed by atoms with Crippen molar-refractivity contribution >= 4 is 18.0 Å². The van der Waals surface area contributed by atoms with Gasteiger partial charge in [-0.3, -0.25) is 9.59 Å². The number of benzene rings is 1. The zero-order valence-corrected chi connectivity index (χ0v) is 11.0. The molecule has 0 aliphatic rings. The molecule has 5 nitrogen and oxygen atoms in total. The lowest BCUT2D eigenvalue weighted by atomic mass is 10.2. The van der Waals surface area contributed by atoms with Crippen LogP contribution in [0.1, 0.15) is 12.0 Å². The monoisotopic (exact) mass is 263 g/mol. The molecule has 1 amide bonds. The number of carboxylic acids is 1. The highest BCUT2D eigenvalue weighted by Crippen LogP contribution is 2.13. The Morgan fingerprint density at radius 1 is 1.42 bits per heavy atom. The molecule has 0 unspecified atom stereocenters. The van der Waals surface area contributed by atoms with Crippen molar-refractivity contribution in [3.8, 4) is 5.75 Å². The molecule has 1 aromatic rings. The first-order valence-electron chi connectivity index (χ1n) is 5.82. The molecule has 0 radical (unpaired) electrons. The Morgan fingerprint density at radius 2 is 2.16 bits per heavy atom. The molecule has 1 rings (SSSR count). The van der Waals surface area contributed by atoms with Crippen LogP contribution in [0.2, 0.25) is 0 Å². The molecule has 0 saturated heterocycles. The van der Waals surface area contributed by atoms with Gasteiger partial charge in [-0.15, -0.1) is 0 Å². The minimum atomic E-state index is -0.920. The van der Waals surface area contributed by atoms with Crippen LogP contribution in [0.5, 0.6) is 5.75 Å². The molecule has 0 fully saturated rings. The number of carbonyl (C=O) groups is 2. The van der Waals surface area contributed by atoms with Crippen molar-refractivity contribution < 1.29 is 19.4 Å². The summed E-state index contributed by atoms with van der Waals surface area (Å²) in [5, 5.41) is 8.54. The number of ether oxygens (including phenoxy) is 1. The highest BCUT2D eigenvalue weighted by Gasteiger charge is 2.06. The van der Waals surface area contributed by atoms with Gasteiger partial charge in [-0.1, -0.05) is 12.1 Å². The lowest BCUT2D eigenvalue weighted by Gasteiger charge is -2.13. The summed E-state index contributed by atoms with van der Waals surface area (Å²) >= 11 is 0. The van der Waals surface area contributed by atoms with Crippen LogP contribution in [-0.2, 0) is 9.59 Å². The summed E-state index contributed by atoms with van der Waals surface area (Å²) in [7, 11) is 3.15. The molecule has 19 heavy (non-hydrogen) atoms. The molecule has 0 atom stereocenters. The molecule has 0 aliphatic heterocycles. The number of methoxy groups -OCH3 is 1. The Labute approximate surface area is 112 Å². The summed E-state index contributed by atoms with van der Waals surface area (Å²) in [6, 6.07) is 7.31. The van der Waals surface area contributed by atoms with Crippen LogP contribution in [0.4, 0.5) is 0 Å². The van der Waals surface area contributed by atoms with E-state index in [1.807, 2.05) is 18.2 Å². The van der Waals surface area contributed by atoms with E-state index in [4.69, 9.17) is 9.84 Å². The fourth-order valence-electron chi connectivity index (χ4n) is 1.41. The van der Waals surface area contributed by atoms with Crippen molar-refractivity contribution in [2.45, 2.75) is 6.42 Å². The molecule has 0 spiro atoms. The minimum Gasteiger partial charge on any atom is -0.497 e. The van der Waals surface area contributed by atoms with Crippen LogP contribution >= 0.6 is 0 Å². The molecule has 0 bridgehead atoms. The van der Waals surface area contributed by atoms with Crippen molar-refractivity contribution in [3.63, 3.8) is 0 Å². The lowest BCUT2D eigenvalue weighted by Crippen LogP contribution is -2.27. The average Bonchev–Trinajstić information content (AvgIpc) is 2.42. The molecular formula is C14H17NO4. The number of carbonyl (C=O) groups excluding carboxylic acids is 1. The zero-order chi connectivity index (χ0) is 14.3. The van der Waals surface area contributed by atoms with Gasteiger partial charge in [0.25, 0.3) is 0 Å². The first-order chi connectivity index (χ1) is 9.02. The van der Waals surface area contributed by atoms with Gasteiger partial charge in [0.2, 0.25) is 5.91 Å². The highest BCUT2D eigenvalue weighted by atomic mass is 16.5. The molecular weight excluding hydrogens is 246 g/mol. The summed E-state index contributed by atoms with van der Waals surface area (Å²) in [6.45, 7) is 0.191. The van der Waals surface area contributed by atoms with E-state index in [9.17, 15) is 9.59 Å². The number of likely N-dealkylation sites (N-methyl/N-ethyl adjacent to an activating group) is 1. The Morgan fingerprint density at radius 3 is 2.79 bits per heavy atom. The Bertz CT molecular complexity index is 482. The molecule has 102 valence electrons. The standard InChI is InChI=1S/C14H17NO4/c1-15(9-8-14(17)18)13(16)7-6-11-4-3-5-12(10-11)19-2/h3-7,10H,8-9H2,1-2H3,(H,17,18)/b7-6+. The molecule has 5 heteroatoms. The highest BCUT2D eigenvalue weighted by molar-refractivity contribution is 5.91. The number of amides is 1. The fraction of sp³-hybridized carbons (Fsp3) is 0.286. The van der Waals surface area contributed by atoms with E-state index in [0.717, 1.165) is 5.56 Å². The zero-order valence-electron chi connectivity index (χ0n) is 11.0. The van der Waals surface area contributed by atoms with E-state index in [1.54, 1.807) is 26.3 Å². The van der Waals surface area contributed by atoms with Crippen molar-refractivity contribution in [2.24, 2.45) is 0 Å². The number of rotatable bonds is 6. The largest absolute Gasteiger partial charge is 0.497 e. The summed E-state index contributed by atoms with van der Waals surface area (Å²) in [6.07, 6.45) is 3.02. The van der Waals surface area contributed by atoms with Crippen LogP contribution in [0.15, 0.2) is 30.3 Å². The Hall–Kier alpha value is -2.30. The smallest absolute Gasteiger partial charge is 0.305 e. The van der Waals surface area contributed by atoms with Gasteiger partial charge in [0.15, 0.2) is 0 Å². The van der Waals surface area contributed by atoms with Crippen molar-refractivity contribution in [1.82, 2.24) is 4.90 Å². The van der Waals surface area contributed by atoms with Gasteiger partial charge >= 0.3 is 5.97 Å². The van der Waals surface area contributed by atoms with Crippen LogP contribution < -0.4 is 4.74 Å². The Balaban J connectivity index is 2.59. The van der Waals surface area contributed by atoms with Gasteiger partial charge in [0, 0.05) is 19.7 Å². The van der Waals surface area contributed by atoms with Gasteiger partial charge in [0.05, 0.1) is 13.5 Å². The van der Waals surface area contributed by atoms with Crippen LogP contribution in [0.3, 0.4) is 0 Å². The number of carboxylic acid groups (broad SMARTS) is 1. The van der Waals surface area contributed by atoms with Gasteiger partial charge < -0.3 is 14.7 Å². The number of hydrogen-bond acceptors (Lipinski definition) is 3. The van der Waals surface area contributed by atoms with E-state index in [2.05, 4.69) is 0 Å². The normalized spacial score (nSPS) is 10.4. The maximum Gasteiger partial charge on any atom is 0.305 e. The third kappa shape index (κ3) is 5.25. The molecule has 0 heterocycles. The second kappa shape index (κ2) is 7.20. The van der Waals surface area contributed by atoms with Crippen LogP contribution in [0, 0.1) is 0 Å². The van der Waals surface area contributed by atoms with Crippen molar-refractivity contribution in [3.05, 3.63) is 35.9 Å². The second-order valence-electron chi connectivity index (χ2n) is 4.01. The number of aliphatic carboxylic acids is 1. The average molecular weight is 263 g/mol. The van der Waals surface area contributed by atoms with E-state index in [-0.39, 0.29) is 18.9 Å². The molecule has 1 N–H and O–H groups in total. The van der Waals surface area contributed by atoms with Crippen molar-refractivity contribution in [1.29, 1.82) is 0 Å². The number of nitrogens with zero attached hydrogens (tertiary/aromatic N) is 1. The fourth-order valence-corrected chi connectivity index (χ4v) is 1.41.